The van der Waals surface area contributed by atoms with E-state index in [1.165, 1.54) is 55.1 Å². The van der Waals surface area contributed by atoms with Crippen LogP contribution in [0.4, 0.5) is 10.2 Å². The van der Waals surface area contributed by atoms with Gasteiger partial charge in [-0.1, -0.05) is 72.9 Å². The molecule has 6 aromatic carbocycles. The van der Waals surface area contributed by atoms with Crippen LogP contribution in [-0.4, -0.2) is 214 Å². The highest BCUT2D eigenvalue weighted by Gasteiger charge is 2.65. The second-order valence-corrected chi connectivity index (χ2v) is 32.7. The number of amides is 9. The van der Waals surface area contributed by atoms with Crippen molar-refractivity contribution < 1.29 is 127 Å². The SMILES string of the molecule is CN[C@H](CC(C)C)C(=O)N[C@H]1C(=O)NC2(C[C@H]2C(N)=O)C(=O)N[C@H]2C(=O)N[C@H]3C(=O)N[C@H](C(=O)N[C@@H](C(=O)NOC)c4cc(O)cc(O)c4-c4cc3ccc4O)[C@H](O)c3ccc(c(Cl)c3)Oc3cc2cc(c3O[C@@H]2O[C@H](CO)[C@@H](O)[C@H](O)[C@H]2O[C@H]2C[C@](C)(NCCn3ccc(NC(=O)Cc4ccc(F)c(Cl)c4)nc3=O)[C@H](O)[C@H](C)O2)Oc2ccc(cc2Cl)[C@H]1O. The molecular formula is C82H89Cl3FN13O26. The molecule has 8 aliphatic rings. The normalized spacial score (nSPS) is 27.5. The summed E-state index contributed by atoms with van der Waals surface area (Å²) in [4.78, 5) is 156. The fourth-order valence-corrected chi connectivity index (χ4v) is 16.3. The van der Waals surface area contributed by atoms with Crippen molar-refractivity contribution in [1.29, 1.82) is 0 Å². The van der Waals surface area contributed by atoms with E-state index in [0.717, 1.165) is 79.9 Å². The van der Waals surface area contributed by atoms with Crippen LogP contribution in [0.15, 0.2) is 114 Å². The van der Waals surface area contributed by atoms with Gasteiger partial charge in [0, 0.05) is 48.4 Å². The number of rotatable bonds is 20. The van der Waals surface area contributed by atoms with Crippen LogP contribution in [0.25, 0.3) is 11.1 Å². The zero-order chi connectivity index (χ0) is 90.3. The van der Waals surface area contributed by atoms with Crippen molar-refractivity contribution >= 4 is 93.8 Å². The number of aliphatic hydroxyl groups excluding tert-OH is 6. The van der Waals surface area contributed by atoms with Crippen LogP contribution in [-0.2, 0) is 75.2 Å². The number of primary amides is 1. The number of carbonyl (C=O) groups excluding carboxylic acids is 9. The van der Waals surface area contributed by atoms with E-state index in [1.54, 1.807) is 6.92 Å². The number of hydrogen-bond acceptors (Lipinski definition) is 29. The molecule has 9 amide bonds. The summed E-state index contributed by atoms with van der Waals surface area (Å²) in [5.74, 6) is -18.4. The molecule has 3 fully saturated rings. The monoisotopic (exact) mass is 1800 g/mol. The third kappa shape index (κ3) is 19.4. The highest BCUT2D eigenvalue weighted by Crippen LogP contribution is 2.51. The number of phenolic OH excluding ortho intramolecular Hbond substituents is 3. The van der Waals surface area contributed by atoms with Gasteiger partial charge in [0.05, 0.1) is 59.4 Å². The summed E-state index contributed by atoms with van der Waals surface area (Å²) < 4.78 is 54.5. The molecule has 0 radical (unpaired) electrons. The van der Waals surface area contributed by atoms with Gasteiger partial charge in [0.25, 0.3) is 5.91 Å². The van der Waals surface area contributed by atoms with Gasteiger partial charge in [-0.3, -0.25) is 52.6 Å². The number of hydrogen-bond donors (Lipinski definition) is 20. The topological polar surface area (TPSA) is 582 Å². The molecule has 11 bridgehead atoms. The van der Waals surface area contributed by atoms with Gasteiger partial charge in [0.1, 0.15) is 107 Å². The molecule has 19 atom stereocenters. The van der Waals surface area contributed by atoms with Crippen LogP contribution < -0.4 is 79.0 Å². The zero-order valence-corrected chi connectivity index (χ0v) is 69.5. The molecule has 1 aliphatic carbocycles. The van der Waals surface area contributed by atoms with Crippen LogP contribution in [0.1, 0.15) is 111 Å². The van der Waals surface area contributed by atoms with Crippen molar-refractivity contribution in [3.8, 4) is 57.1 Å². The van der Waals surface area contributed by atoms with Gasteiger partial charge < -0.3 is 128 Å². The first-order valence-electron chi connectivity index (χ1n) is 39.2. The number of likely N-dealkylation sites (N-methyl/N-ethyl adjacent to an activating group) is 1. The van der Waals surface area contributed by atoms with Crippen molar-refractivity contribution in [2.24, 2.45) is 17.6 Å². The number of anilines is 1. The standard InChI is InChI=1S/C82H89Cl3FN13O26/c1-32(2)19-47(88-5)72(111)94-63-65(106)37-10-14-51(45(85)24-37)122-53-26-38-25-52(68(53)125-78-69(67(108)66(107)54(31-100)123-78)124-57-30-81(4,70(109)33(3)120-57)89-16-18-99-17-15-55(91-80(99)118)90-56(104)21-34-7-11-46(86)43(83)20-34)121-50-13-9-36(23-44(50)84)64(105)62-75(114)93-61(77(116)98-119-6)41-27-39(101)28-49(103)58(41)40-22-35(8-12-48(40)102)59(73(112)95-62)92-74(113)60(38)96-79(117)82(97-76(63)115)29-42(82)71(87)110/h7-15,17,20,22-28,32-33,42,47,54,57,59-67,69-70,78,88-89,100-103,105-109H,16,18-19,21,29-31H2,1-6H3,(H2,87,110)(H,92,113)(H,93,114)(H,94,111)(H,95,112)(H,96,117)(H,97,115)(H,98,116)(H,90,91,104,118)/t33-,42-,47+,54+,57-,59+,60+,61+,62-,63+,64+,65+,66+,67-,69+,70+,78-,81-,82?/m0/s1. The van der Waals surface area contributed by atoms with E-state index < -0.39 is 265 Å². The number of benzene rings is 6. The molecule has 2 saturated heterocycles. The molecule has 39 nitrogen and oxygen atoms in total. The highest BCUT2D eigenvalue weighted by molar-refractivity contribution is 6.32. The van der Waals surface area contributed by atoms with Gasteiger partial charge in [-0.15, -0.1) is 0 Å². The predicted octanol–water partition coefficient (Wildman–Crippen LogP) is 1.56. The highest BCUT2D eigenvalue weighted by atomic mass is 35.5. The van der Waals surface area contributed by atoms with E-state index in [9.17, 15) is 74.3 Å². The number of aromatic nitrogens is 2. The fraction of sp³-hybridized carbons (Fsp3) is 0.402. The molecule has 1 unspecified atom stereocenters. The lowest BCUT2D eigenvalue weighted by Crippen LogP contribution is -2.65. The quantitative estimate of drug-likeness (QED) is 0.0481. The summed E-state index contributed by atoms with van der Waals surface area (Å²) in [7, 11) is 2.50. The Morgan fingerprint density at radius 2 is 1.40 bits per heavy atom. The number of aromatic hydroxyl groups is 3. The second kappa shape index (κ2) is 37.4. The maximum Gasteiger partial charge on any atom is 0.349 e. The molecule has 7 aliphatic heterocycles. The number of nitrogens with zero attached hydrogens (tertiary/aromatic N) is 2. The maximum absolute atomic E-state index is 16.4. The Hall–Kier alpha value is -11.5. The number of nitrogens with two attached hydrogens (primary N) is 1. The maximum atomic E-state index is 16.4. The molecule has 1 saturated carbocycles. The van der Waals surface area contributed by atoms with Crippen LogP contribution >= 0.6 is 34.8 Å². The van der Waals surface area contributed by atoms with E-state index in [1.807, 2.05) is 13.8 Å². The number of hydroxylamine groups is 1. The lowest BCUT2D eigenvalue weighted by molar-refractivity contribution is -0.334. The van der Waals surface area contributed by atoms with Gasteiger partial charge in [-0.25, -0.2) is 14.7 Å². The van der Waals surface area contributed by atoms with Crippen molar-refractivity contribution in [3.63, 3.8) is 0 Å². The molecule has 43 heteroatoms. The molecule has 21 N–H and O–H groups in total. The minimum absolute atomic E-state index is 0.0587. The second-order valence-electron chi connectivity index (χ2n) is 31.5. The Morgan fingerprint density at radius 1 is 0.736 bits per heavy atom. The van der Waals surface area contributed by atoms with E-state index in [-0.39, 0.29) is 71.6 Å². The lowest BCUT2D eigenvalue weighted by atomic mass is 9.85. The van der Waals surface area contributed by atoms with Crippen molar-refractivity contribution in [2.75, 3.05) is 32.6 Å². The number of aliphatic hydroxyl groups is 6. The van der Waals surface area contributed by atoms with Crippen molar-refractivity contribution in [1.82, 2.24) is 57.6 Å². The Morgan fingerprint density at radius 3 is 2.02 bits per heavy atom. The predicted molar refractivity (Wildman–Crippen MR) is 435 cm³/mol. The summed E-state index contributed by atoms with van der Waals surface area (Å²) in [5.41, 5.74) is 1.02. The minimum Gasteiger partial charge on any atom is -0.508 e. The summed E-state index contributed by atoms with van der Waals surface area (Å²) in [6.07, 6.45) is -18.0. The molecular weight excluding hydrogens is 1710 g/mol. The van der Waals surface area contributed by atoms with Crippen molar-refractivity contribution in [2.45, 2.75) is 169 Å². The summed E-state index contributed by atoms with van der Waals surface area (Å²) >= 11 is 20.3. The average Bonchev–Trinajstić information content (AvgIpc) is 1.57. The Bertz CT molecular complexity index is 5470. The molecule has 8 heterocycles. The number of nitrogens with one attached hydrogen (secondary N) is 10. The zero-order valence-electron chi connectivity index (χ0n) is 67.2. The minimum atomic E-state index is -2.51. The van der Waals surface area contributed by atoms with Gasteiger partial charge >= 0.3 is 5.69 Å². The van der Waals surface area contributed by atoms with Gasteiger partial charge in [-0.05, 0) is 146 Å². The van der Waals surface area contributed by atoms with Gasteiger partial charge in [0.15, 0.2) is 23.9 Å². The molecule has 1 aromatic heterocycles. The van der Waals surface area contributed by atoms with Gasteiger partial charge in [-0.2, -0.15) is 4.98 Å². The Balaban J connectivity index is 0.948. The van der Waals surface area contributed by atoms with Crippen LogP contribution in [0.3, 0.4) is 0 Å². The largest absolute Gasteiger partial charge is 0.508 e. The van der Waals surface area contributed by atoms with Crippen LogP contribution in [0.5, 0.6) is 46.0 Å². The van der Waals surface area contributed by atoms with Crippen molar-refractivity contribution in [3.05, 3.63) is 174 Å². The first kappa shape index (κ1) is 91.3. The molecule has 666 valence electrons. The summed E-state index contributed by atoms with van der Waals surface area (Å²) in [6.45, 7) is 5.53. The third-order valence-electron chi connectivity index (χ3n) is 22.3. The average molecular weight is 1800 g/mol. The number of ether oxygens (including phenoxy) is 6. The fourth-order valence-electron chi connectivity index (χ4n) is 15.7. The lowest BCUT2D eigenvalue weighted by Gasteiger charge is -2.48. The Kier molecular flexibility index (Phi) is 27.3. The number of halogens is 4. The number of phenols is 3. The first-order chi connectivity index (χ1) is 59.3. The molecule has 125 heavy (non-hydrogen) atoms. The van der Waals surface area contributed by atoms with E-state index in [2.05, 4.69) is 58.3 Å². The molecule has 15 rings (SSSR count). The smallest absolute Gasteiger partial charge is 0.349 e. The van der Waals surface area contributed by atoms with E-state index >= 15 is 24.0 Å². The Labute approximate surface area is 724 Å². The van der Waals surface area contributed by atoms with Crippen LogP contribution in [0.2, 0.25) is 15.1 Å². The van der Waals surface area contributed by atoms with E-state index in [4.69, 9.17) is 73.8 Å². The van der Waals surface area contributed by atoms with E-state index in [0.29, 0.717) is 5.56 Å². The summed E-state index contributed by atoms with van der Waals surface area (Å²) in [6, 6.07) is 6.88. The van der Waals surface area contributed by atoms with Crippen LogP contribution in [0, 0.1) is 17.7 Å². The molecule has 1 spiro atoms. The molecule has 7 aromatic rings. The number of fused-ring (bicyclic) bond motifs is 13. The first-order valence-corrected chi connectivity index (χ1v) is 40.3. The third-order valence-corrected chi connectivity index (χ3v) is 23.2. The summed E-state index contributed by atoms with van der Waals surface area (Å²) in [5, 5.41) is 129. The number of carbonyl (C=O) groups is 9. The van der Waals surface area contributed by atoms with Gasteiger partial charge in [0.2, 0.25) is 59.3 Å².